The number of rotatable bonds is 2. The highest BCUT2D eigenvalue weighted by Crippen LogP contribution is 2.25. The van der Waals surface area contributed by atoms with E-state index in [2.05, 4.69) is 24.0 Å². The largest absolute Gasteiger partial charge is 0.256 e. The first-order valence-electron chi connectivity index (χ1n) is 6.94. The van der Waals surface area contributed by atoms with Crippen LogP contribution in [0.15, 0.2) is 60.8 Å². The van der Waals surface area contributed by atoms with Gasteiger partial charge in [0.05, 0.1) is 5.69 Å². The zero-order valence-electron chi connectivity index (χ0n) is 12.1. The number of nitrogens with zero attached hydrogens (tertiary/aromatic N) is 1. The van der Waals surface area contributed by atoms with Crippen LogP contribution in [0.2, 0.25) is 0 Å². The molecule has 0 radical (unpaired) electrons. The summed E-state index contributed by atoms with van der Waals surface area (Å²) in [5, 5.41) is 0. The number of aromatic nitrogens is 1. The number of benzene rings is 2. The maximum Gasteiger partial charge on any atom is 0.126 e. The van der Waals surface area contributed by atoms with Gasteiger partial charge in [0, 0.05) is 17.3 Å². The first kappa shape index (κ1) is 13.5. The smallest absolute Gasteiger partial charge is 0.126 e. The molecule has 3 aromatic rings. The fourth-order valence-electron chi connectivity index (χ4n) is 2.41. The molecule has 0 unspecified atom stereocenters. The summed E-state index contributed by atoms with van der Waals surface area (Å²) < 4.78 is 13.3. The minimum absolute atomic E-state index is 0.178. The van der Waals surface area contributed by atoms with Crippen molar-refractivity contribution >= 4 is 0 Å². The van der Waals surface area contributed by atoms with Crippen LogP contribution in [-0.2, 0) is 0 Å². The van der Waals surface area contributed by atoms with Gasteiger partial charge in [-0.05, 0) is 48.7 Å². The van der Waals surface area contributed by atoms with Crippen LogP contribution in [0.4, 0.5) is 4.39 Å². The molecule has 0 N–H and O–H groups in total. The Balaban J connectivity index is 1.97. The summed E-state index contributed by atoms with van der Waals surface area (Å²) in [6.07, 6.45) is 1.84. The molecule has 21 heavy (non-hydrogen) atoms. The fraction of sp³-hybridized carbons (Fsp3) is 0.105. The second kappa shape index (κ2) is 5.49. The van der Waals surface area contributed by atoms with Gasteiger partial charge in [-0.2, -0.15) is 0 Å². The molecule has 0 aliphatic heterocycles. The lowest BCUT2D eigenvalue weighted by Gasteiger charge is -2.07. The van der Waals surface area contributed by atoms with Gasteiger partial charge >= 0.3 is 0 Å². The summed E-state index contributed by atoms with van der Waals surface area (Å²) in [7, 11) is 0. The highest BCUT2D eigenvalue weighted by molar-refractivity contribution is 5.68. The van der Waals surface area contributed by atoms with Crippen molar-refractivity contribution in [3.05, 3.63) is 77.7 Å². The number of halogens is 1. The standard InChI is InChI=1S/C19H16FN/c1-13-5-3-4-6-17(13)19-10-8-16(12-21-19)15-7-9-18(20)14(2)11-15/h3-12H,1-2H3. The molecule has 0 bridgehead atoms. The van der Waals surface area contributed by atoms with Crippen molar-refractivity contribution in [3.8, 4) is 22.4 Å². The Kier molecular flexibility index (Phi) is 3.53. The van der Waals surface area contributed by atoms with Crippen molar-refractivity contribution in [2.75, 3.05) is 0 Å². The van der Waals surface area contributed by atoms with Gasteiger partial charge in [-0.3, -0.25) is 4.98 Å². The predicted octanol–water partition coefficient (Wildman–Crippen LogP) is 5.17. The second-order valence-corrected chi connectivity index (χ2v) is 5.21. The Bertz CT molecular complexity index is 776. The van der Waals surface area contributed by atoms with Crippen LogP contribution in [0.25, 0.3) is 22.4 Å². The molecule has 104 valence electrons. The monoisotopic (exact) mass is 277 g/mol. The van der Waals surface area contributed by atoms with Crippen molar-refractivity contribution in [2.24, 2.45) is 0 Å². The maximum absolute atomic E-state index is 13.3. The predicted molar refractivity (Wildman–Crippen MR) is 84.5 cm³/mol. The molecule has 1 aromatic heterocycles. The Morgan fingerprint density at radius 3 is 2.24 bits per heavy atom. The molecule has 0 amide bonds. The van der Waals surface area contributed by atoms with Crippen molar-refractivity contribution in [1.29, 1.82) is 0 Å². The van der Waals surface area contributed by atoms with Crippen LogP contribution in [0.5, 0.6) is 0 Å². The van der Waals surface area contributed by atoms with E-state index in [1.165, 1.54) is 11.6 Å². The zero-order valence-corrected chi connectivity index (χ0v) is 12.1. The van der Waals surface area contributed by atoms with Crippen molar-refractivity contribution in [3.63, 3.8) is 0 Å². The van der Waals surface area contributed by atoms with Crippen LogP contribution in [-0.4, -0.2) is 4.98 Å². The molecular weight excluding hydrogens is 261 g/mol. The van der Waals surface area contributed by atoms with E-state index in [-0.39, 0.29) is 5.82 Å². The fourth-order valence-corrected chi connectivity index (χ4v) is 2.41. The first-order chi connectivity index (χ1) is 10.1. The average molecular weight is 277 g/mol. The van der Waals surface area contributed by atoms with E-state index in [9.17, 15) is 4.39 Å². The molecule has 0 spiro atoms. The lowest BCUT2D eigenvalue weighted by Crippen LogP contribution is -1.89. The minimum atomic E-state index is -0.178. The van der Waals surface area contributed by atoms with E-state index in [1.807, 2.05) is 36.5 Å². The molecular formula is C19H16FN. The number of hydrogen-bond donors (Lipinski definition) is 0. The molecule has 2 aromatic carbocycles. The SMILES string of the molecule is Cc1cc(-c2ccc(-c3ccccc3C)nc2)ccc1F. The molecule has 1 nitrogen and oxygen atoms in total. The van der Waals surface area contributed by atoms with Crippen LogP contribution >= 0.6 is 0 Å². The maximum atomic E-state index is 13.3. The van der Waals surface area contributed by atoms with Crippen LogP contribution in [0, 0.1) is 19.7 Å². The molecule has 0 fully saturated rings. The Morgan fingerprint density at radius 1 is 0.810 bits per heavy atom. The third-order valence-corrected chi connectivity index (χ3v) is 3.68. The average Bonchev–Trinajstić information content (AvgIpc) is 2.51. The van der Waals surface area contributed by atoms with E-state index < -0.39 is 0 Å². The molecule has 2 heteroatoms. The highest BCUT2D eigenvalue weighted by atomic mass is 19.1. The van der Waals surface area contributed by atoms with E-state index in [0.717, 1.165) is 22.4 Å². The first-order valence-corrected chi connectivity index (χ1v) is 6.94. The summed E-state index contributed by atoms with van der Waals surface area (Å²) in [4.78, 5) is 4.54. The summed E-state index contributed by atoms with van der Waals surface area (Å²) in [6, 6.07) is 17.4. The minimum Gasteiger partial charge on any atom is -0.256 e. The Hall–Kier alpha value is -2.48. The van der Waals surface area contributed by atoms with Crippen molar-refractivity contribution in [2.45, 2.75) is 13.8 Å². The van der Waals surface area contributed by atoms with Gasteiger partial charge in [-0.15, -0.1) is 0 Å². The second-order valence-electron chi connectivity index (χ2n) is 5.21. The van der Waals surface area contributed by atoms with Gasteiger partial charge in [0.25, 0.3) is 0 Å². The van der Waals surface area contributed by atoms with Gasteiger partial charge in [0.2, 0.25) is 0 Å². The van der Waals surface area contributed by atoms with Gasteiger partial charge in [-0.1, -0.05) is 36.4 Å². The van der Waals surface area contributed by atoms with Crippen molar-refractivity contribution < 1.29 is 4.39 Å². The third kappa shape index (κ3) is 2.70. The number of hydrogen-bond acceptors (Lipinski definition) is 1. The van der Waals surface area contributed by atoms with E-state index in [4.69, 9.17) is 0 Å². The summed E-state index contributed by atoms with van der Waals surface area (Å²) in [5.41, 5.74) is 5.93. The Morgan fingerprint density at radius 2 is 1.57 bits per heavy atom. The van der Waals surface area contributed by atoms with Crippen LogP contribution < -0.4 is 0 Å². The van der Waals surface area contributed by atoms with E-state index in [0.29, 0.717) is 5.56 Å². The highest BCUT2D eigenvalue weighted by Gasteiger charge is 2.05. The quantitative estimate of drug-likeness (QED) is 0.629. The zero-order chi connectivity index (χ0) is 14.8. The van der Waals surface area contributed by atoms with Gasteiger partial charge < -0.3 is 0 Å². The molecule has 0 aliphatic rings. The Labute approximate surface area is 124 Å². The van der Waals surface area contributed by atoms with E-state index in [1.54, 1.807) is 13.0 Å². The van der Waals surface area contributed by atoms with Crippen molar-refractivity contribution in [1.82, 2.24) is 4.98 Å². The third-order valence-electron chi connectivity index (χ3n) is 3.68. The molecule has 0 aliphatic carbocycles. The number of pyridine rings is 1. The van der Waals surface area contributed by atoms with Gasteiger partial charge in [-0.25, -0.2) is 4.39 Å². The summed E-state index contributed by atoms with van der Waals surface area (Å²) >= 11 is 0. The molecule has 0 atom stereocenters. The van der Waals surface area contributed by atoms with E-state index >= 15 is 0 Å². The topological polar surface area (TPSA) is 12.9 Å². The summed E-state index contributed by atoms with van der Waals surface area (Å²) in [5.74, 6) is -0.178. The van der Waals surface area contributed by atoms with Crippen LogP contribution in [0.3, 0.4) is 0 Å². The van der Waals surface area contributed by atoms with Gasteiger partial charge in [0.1, 0.15) is 5.82 Å². The normalized spacial score (nSPS) is 10.6. The lowest BCUT2D eigenvalue weighted by atomic mass is 10.0. The van der Waals surface area contributed by atoms with Crippen LogP contribution in [0.1, 0.15) is 11.1 Å². The molecule has 1 heterocycles. The molecule has 0 saturated heterocycles. The lowest BCUT2D eigenvalue weighted by molar-refractivity contribution is 0.619. The molecule has 3 rings (SSSR count). The number of aryl methyl sites for hydroxylation is 2. The van der Waals surface area contributed by atoms with Gasteiger partial charge in [0.15, 0.2) is 0 Å². The summed E-state index contributed by atoms with van der Waals surface area (Å²) in [6.45, 7) is 3.85. The molecule has 0 saturated carbocycles.